The molecule has 0 aliphatic carbocycles. The maximum absolute atomic E-state index is 13.2. The summed E-state index contributed by atoms with van der Waals surface area (Å²) in [6.07, 6.45) is 0. The number of methoxy groups -OCH3 is 1. The van der Waals surface area contributed by atoms with Crippen molar-refractivity contribution in [3.63, 3.8) is 0 Å². The molecule has 7 heteroatoms. The van der Waals surface area contributed by atoms with E-state index in [1.54, 1.807) is 20.1 Å². The molecule has 1 aromatic rings. The monoisotopic (exact) mass is 439 g/mol. The van der Waals surface area contributed by atoms with Crippen molar-refractivity contribution < 1.29 is 13.9 Å². The second kappa shape index (κ2) is 13.5. The maximum atomic E-state index is 13.2. The zero-order valence-corrected chi connectivity index (χ0v) is 16.4. The first-order valence-corrected chi connectivity index (χ1v) is 7.51. The molecule has 0 aromatic heterocycles. The zero-order chi connectivity index (χ0) is 16.2. The molecule has 23 heavy (non-hydrogen) atoms. The molecule has 0 unspecified atom stereocenters. The third-order valence-electron chi connectivity index (χ3n) is 2.96. The van der Waals surface area contributed by atoms with Crippen molar-refractivity contribution in [1.29, 1.82) is 0 Å². The number of aliphatic imine (C=N–C) groups is 1. The molecule has 1 aromatic carbocycles. The van der Waals surface area contributed by atoms with Crippen LogP contribution in [0.15, 0.2) is 23.2 Å². The lowest BCUT2D eigenvalue weighted by atomic mass is 10.1. The van der Waals surface area contributed by atoms with Crippen molar-refractivity contribution in [2.24, 2.45) is 4.99 Å². The molecule has 0 atom stereocenters. The Labute approximate surface area is 155 Å². The highest BCUT2D eigenvalue weighted by molar-refractivity contribution is 14.0. The Morgan fingerprint density at radius 1 is 1.22 bits per heavy atom. The highest BCUT2D eigenvalue weighted by Gasteiger charge is 2.00. The zero-order valence-electron chi connectivity index (χ0n) is 14.0. The summed E-state index contributed by atoms with van der Waals surface area (Å²) >= 11 is 0. The standard InChI is InChI=1S/C16H26FN3O2.HI/c1-4-18-16(19-7-8-22-10-9-21-3)20-12-14-5-6-15(17)13(2)11-14;/h5-6,11H,4,7-10,12H2,1-3H3,(H2,18,19,20);1H. The Bertz CT molecular complexity index is 473. The van der Waals surface area contributed by atoms with Crippen LogP contribution in [0.25, 0.3) is 0 Å². The molecule has 0 spiro atoms. The van der Waals surface area contributed by atoms with E-state index in [-0.39, 0.29) is 29.8 Å². The maximum Gasteiger partial charge on any atom is 0.191 e. The van der Waals surface area contributed by atoms with Gasteiger partial charge in [-0.15, -0.1) is 24.0 Å². The molecule has 2 N–H and O–H groups in total. The van der Waals surface area contributed by atoms with Crippen LogP contribution in [0.4, 0.5) is 4.39 Å². The van der Waals surface area contributed by atoms with Gasteiger partial charge in [0.05, 0.1) is 26.4 Å². The van der Waals surface area contributed by atoms with Crippen molar-refractivity contribution in [2.75, 3.05) is 40.0 Å². The highest BCUT2D eigenvalue weighted by Crippen LogP contribution is 2.09. The van der Waals surface area contributed by atoms with Gasteiger partial charge in [0.25, 0.3) is 0 Å². The Morgan fingerprint density at radius 3 is 2.65 bits per heavy atom. The van der Waals surface area contributed by atoms with Gasteiger partial charge in [0, 0.05) is 20.2 Å². The van der Waals surface area contributed by atoms with E-state index >= 15 is 0 Å². The van der Waals surface area contributed by atoms with E-state index in [2.05, 4.69) is 15.6 Å². The van der Waals surface area contributed by atoms with E-state index in [0.717, 1.165) is 18.1 Å². The third kappa shape index (κ3) is 9.72. The average molecular weight is 439 g/mol. The molecule has 1 rings (SSSR count). The summed E-state index contributed by atoms with van der Waals surface area (Å²) in [5.41, 5.74) is 1.62. The number of ether oxygens (including phenoxy) is 2. The number of benzene rings is 1. The molecule has 0 saturated carbocycles. The Kier molecular flexibility index (Phi) is 13.0. The fourth-order valence-electron chi connectivity index (χ4n) is 1.80. The van der Waals surface area contributed by atoms with Crippen LogP contribution in [0.5, 0.6) is 0 Å². The molecule has 0 heterocycles. The second-order valence-corrected chi connectivity index (χ2v) is 4.81. The van der Waals surface area contributed by atoms with Crippen LogP contribution in [-0.2, 0) is 16.0 Å². The smallest absolute Gasteiger partial charge is 0.191 e. The predicted octanol–water partition coefficient (Wildman–Crippen LogP) is 2.47. The lowest BCUT2D eigenvalue weighted by molar-refractivity contribution is 0.0733. The number of nitrogens with zero attached hydrogens (tertiary/aromatic N) is 1. The van der Waals surface area contributed by atoms with Gasteiger partial charge in [0.2, 0.25) is 0 Å². The van der Waals surface area contributed by atoms with Crippen LogP contribution in [0.1, 0.15) is 18.1 Å². The topological polar surface area (TPSA) is 54.9 Å². The first-order valence-electron chi connectivity index (χ1n) is 7.51. The first kappa shape index (κ1) is 22.1. The highest BCUT2D eigenvalue weighted by atomic mass is 127. The van der Waals surface area contributed by atoms with Crippen molar-refractivity contribution in [1.82, 2.24) is 10.6 Å². The van der Waals surface area contributed by atoms with Crippen LogP contribution >= 0.6 is 24.0 Å². The van der Waals surface area contributed by atoms with E-state index in [9.17, 15) is 4.39 Å². The fourth-order valence-corrected chi connectivity index (χ4v) is 1.80. The minimum atomic E-state index is -0.189. The van der Waals surface area contributed by atoms with Crippen LogP contribution in [-0.4, -0.2) is 46.0 Å². The van der Waals surface area contributed by atoms with Gasteiger partial charge < -0.3 is 20.1 Å². The molecule has 0 saturated heterocycles. The number of hydrogen-bond acceptors (Lipinski definition) is 3. The molecule has 0 radical (unpaired) electrons. The largest absolute Gasteiger partial charge is 0.382 e. The molecule has 0 amide bonds. The molecule has 132 valence electrons. The van der Waals surface area contributed by atoms with E-state index in [0.29, 0.717) is 38.5 Å². The first-order chi connectivity index (χ1) is 10.7. The molecule has 0 fully saturated rings. The Hall–Kier alpha value is -0.930. The predicted molar refractivity (Wildman–Crippen MR) is 102 cm³/mol. The normalized spacial score (nSPS) is 11.0. The average Bonchev–Trinajstić information content (AvgIpc) is 2.51. The Morgan fingerprint density at radius 2 is 2.00 bits per heavy atom. The summed E-state index contributed by atoms with van der Waals surface area (Å²) in [6.45, 7) is 7.47. The quantitative estimate of drug-likeness (QED) is 0.269. The lowest BCUT2D eigenvalue weighted by Gasteiger charge is -2.11. The Balaban J connectivity index is 0.00000484. The van der Waals surface area contributed by atoms with E-state index in [4.69, 9.17) is 9.47 Å². The summed E-state index contributed by atoms with van der Waals surface area (Å²) in [5.74, 6) is 0.533. The summed E-state index contributed by atoms with van der Waals surface area (Å²) in [5, 5.41) is 6.36. The number of guanidine groups is 1. The van der Waals surface area contributed by atoms with E-state index in [1.807, 2.05) is 13.0 Å². The van der Waals surface area contributed by atoms with Crippen molar-refractivity contribution in [2.45, 2.75) is 20.4 Å². The number of hydrogen-bond donors (Lipinski definition) is 2. The van der Waals surface area contributed by atoms with Crippen LogP contribution in [0, 0.1) is 12.7 Å². The van der Waals surface area contributed by atoms with Crippen LogP contribution < -0.4 is 10.6 Å². The van der Waals surface area contributed by atoms with Gasteiger partial charge in [0.15, 0.2) is 5.96 Å². The van der Waals surface area contributed by atoms with Gasteiger partial charge in [0.1, 0.15) is 5.82 Å². The summed E-state index contributed by atoms with van der Waals surface area (Å²) in [6, 6.07) is 5.05. The van der Waals surface area contributed by atoms with Gasteiger partial charge in [-0.2, -0.15) is 0 Å². The van der Waals surface area contributed by atoms with E-state index < -0.39 is 0 Å². The molecule has 0 bridgehead atoms. The number of halogens is 2. The SMILES string of the molecule is CCNC(=NCc1ccc(F)c(C)c1)NCCOCCOC.I. The van der Waals surface area contributed by atoms with Gasteiger partial charge in [-0.1, -0.05) is 12.1 Å². The van der Waals surface area contributed by atoms with Gasteiger partial charge in [-0.25, -0.2) is 9.38 Å². The summed E-state index contributed by atoms with van der Waals surface area (Å²) < 4.78 is 23.5. The van der Waals surface area contributed by atoms with E-state index in [1.165, 1.54) is 6.07 Å². The van der Waals surface area contributed by atoms with Crippen molar-refractivity contribution in [3.05, 3.63) is 35.1 Å². The molecule has 0 aliphatic heterocycles. The summed E-state index contributed by atoms with van der Waals surface area (Å²) in [4.78, 5) is 4.48. The number of rotatable bonds is 9. The molecule has 5 nitrogen and oxygen atoms in total. The minimum Gasteiger partial charge on any atom is -0.382 e. The van der Waals surface area contributed by atoms with Crippen LogP contribution in [0.2, 0.25) is 0 Å². The van der Waals surface area contributed by atoms with Gasteiger partial charge >= 0.3 is 0 Å². The number of nitrogens with one attached hydrogen (secondary N) is 2. The fraction of sp³-hybridized carbons (Fsp3) is 0.562. The van der Waals surface area contributed by atoms with Crippen molar-refractivity contribution in [3.8, 4) is 0 Å². The lowest BCUT2D eigenvalue weighted by Crippen LogP contribution is -2.39. The molecular weight excluding hydrogens is 412 g/mol. The molecule has 0 aliphatic rings. The van der Waals surface area contributed by atoms with Gasteiger partial charge in [-0.05, 0) is 31.0 Å². The van der Waals surface area contributed by atoms with Crippen molar-refractivity contribution >= 4 is 29.9 Å². The summed E-state index contributed by atoms with van der Waals surface area (Å²) in [7, 11) is 1.65. The van der Waals surface area contributed by atoms with Crippen LogP contribution in [0.3, 0.4) is 0 Å². The second-order valence-electron chi connectivity index (χ2n) is 4.81. The molecular formula is C16H27FIN3O2. The number of aryl methyl sites for hydroxylation is 1. The third-order valence-corrected chi connectivity index (χ3v) is 2.96. The van der Waals surface area contributed by atoms with Gasteiger partial charge in [-0.3, -0.25) is 0 Å². The minimum absolute atomic E-state index is 0.